The third kappa shape index (κ3) is 4.88. The molecule has 0 radical (unpaired) electrons. The molecule has 0 unspecified atom stereocenters. The van der Waals surface area contributed by atoms with E-state index in [0.29, 0.717) is 6.41 Å². The molecule has 27 heavy (non-hydrogen) atoms. The highest BCUT2D eigenvalue weighted by atomic mass is 16.6. The lowest BCUT2D eigenvalue weighted by Gasteiger charge is -2.08. The summed E-state index contributed by atoms with van der Waals surface area (Å²) in [6.45, 7) is 3.20. The molecule has 2 aromatic carbocycles. The number of amides is 1. The average molecular weight is 366 g/mol. The number of carboxylic acid groups (broad SMARTS) is 1. The third-order valence-corrected chi connectivity index (χ3v) is 4.03. The standard InChI is InChI=1S/C20H18N2O5/c1-13(10-19(21-12-23)14(2)20(24)25)15-6-8-16(9-7-15)17-4-3-5-18(11-17)22(26)27/h3-12H,1-2H3,(H,21,23)(H,24,25)/b13-10+,19-14-. The van der Waals surface area contributed by atoms with Crippen LogP contribution < -0.4 is 5.32 Å². The van der Waals surface area contributed by atoms with Crippen LogP contribution >= 0.6 is 0 Å². The van der Waals surface area contributed by atoms with Crippen molar-refractivity contribution >= 4 is 23.6 Å². The van der Waals surface area contributed by atoms with Gasteiger partial charge in [0.15, 0.2) is 0 Å². The average Bonchev–Trinajstić information content (AvgIpc) is 2.67. The van der Waals surface area contributed by atoms with E-state index in [0.717, 1.165) is 22.3 Å². The Morgan fingerprint density at radius 3 is 2.33 bits per heavy atom. The molecule has 1 amide bonds. The lowest BCUT2D eigenvalue weighted by Crippen LogP contribution is -2.14. The summed E-state index contributed by atoms with van der Waals surface area (Å²) < 4.78 is 0. The Bertz CT molecular complexity index is 943. The first-order valence-corrected chi connectivity index (χ1v) is 8.01. The van der Waals surface area contributed by atoms with Crippen LogP contribution in [0, 0.1) is 10.1 Å². The maximum Gasteiger partial charge on any atom is 0.333 e. The lowest BCUT2D eigenvalue weighted by atomic mass is 10.00. The molecule has 2 aromatic rings. The van der Waals surface area contributed by atoms with Crippen molar-refractivity contribution < 1.29 is 19.6 Å². The molecule has 0 heterocycles. The van der Waals surface area contributed by atoms with Crippen LogP contribution in [0.2, 0.25) is 0 Å². The first kappa shape index (κ1) is 19.6. The second kappa shape index (κ2) is 8.57. The molecule has 7 heteroatoms. The minimum atomic E-state index is -1.12. The largest absolute Gasteiger partial charge is 0.478 e. The van der Waals surface area contributed by atoms with Gasteiger partial charge in [-0.25, -0.2) is 4.79 Å². The Hall–Kier alpha value is -3.74. The zero-order valence-corrected chi connectivity index (χ0v) is 14.8. The number of aliphatic carboxylic acids is 1. The van der Waals surface area contributed by atoms with Crippen LogP contribution in [0.1, 0.15) is 19.4 Å². The van der Waals surface area contributed by atoms with E-state index >= 15 is 0 Å². The Morgan fingerprint density at radius 2 is 1.78 bits per heavy atom. The summed E-state index contributed by atoms with van der Waals surface area (Å²) in [5.41, 5.74) is 3.37. The minimum absolute atomic E-state index is 0.0199. The Morgan fingerprint density at radius 1 is 1.11 bits per heavy atom. The van der Waals surface area contributed by atoms with Crippen LogP contribution in [0.5, 0.6) is 0 Å². The number of hydrogen-bond donors (Lipinski definition) is 2. The van der Waals surface area contributed by atoms with E-state index in [2.05, 4.69) is 5.32 Å². The molecule has 0 bridgehead atoms. The summed E-state index contributed by atoms with van der Waals surface area (Å²) in [4.78, 5) is 32.3. The van der Waals surface area contributed by atoms with Crippen LogP contribution in [-0.2, 0) is 9.59 Å². The second-order valence-electron chi connectivity index (χ2n) is 5.82. The highest BCUT2D eigenvalue weighted by Gasteiger charge is 2.09. The van der Waals surface area contributed by atoms with Crippen molar-refractivity contribution in [3.05, 3.63) is 81.6 Å². The highest BCUT2D eigenvalue weighted by molar-refractivity contribution is 5.88. The van der Waals surface area contributed by atoms with Gasteiger partial charge in [0.05, 0.1) is 16.2 Å². The van der Waals surface area contributed by atoms with Crippen LogP contribution in [0.3, 0.4) is 0 Å². The Balaban J connectivity index is 2.34. The van der Waals surface area contributed by atoms with Gasteiger partial charge in [0, 0.05) is 12.1 Å². The molecular formula is C20H18N2O5. The first-order chi connectivity index (χ1) is 12.8. The summed E-state index contributed by atoms with van der Waals surface area (Å²) >= 11 is 0. The van der Waals surface area contributed by atoms with Crippen LogP contribution in [0.4, 0.5) is 5.69 Å². The Labute approximate surface area is 155 Å². The van der Waals surface area contributed by atoms with Crippen LogP contribution in [0.15, 0.2) is 65.9 Å². The van der Waals surface area contributed by atoms with E-state index in [-0.39, 0.29) is 17.0 Å². The van der Waals surface area contributed by atoms with Gasteiger partial charge < -0.3 is 10.4 Å². The number of allylic oxidation sites excluding steroid dienone is 2. The summed E-state index contributed by atoms with van der Waals surface area (Å²) in [5.74, 6) is -1.12. The zero-order chi connectivity index (χ0) is 20.0. The molecule has 0 aliphatic heterocycles. The van der Waals surface area contributed by atoms with E-state index in [4.69, 9.17) is 5.11 Å². The summed E-state index contributed by atoms with van der Waals surface area (Å²) in [6, 6.07) is 13.7. The monoisotopic (exact) mass is 366 g/mol. The molecule has 138 valence electrons. The number of carbonyl (C=O) groups is 2. The van der Waals surface area contributed by atoms with Gasteiger partial charge in [0.25, 0.3) is 5.69 Å². The molecular weight excluding hydrogens is 348 g/mol. The van der Waals surface area contributed by atoms with Gasteiger partial charge in [0.2, 0.25) is 6.41 Å². The smallest absolute Gasteiger partial charge is 0.333 e. The van der Waals surface area contributed by atoms with E-state index in [9.17, 15) is 19.7 Å². The van der Waals surface area contributed by atoms with Gasteiger partial charge in [-0.2, -0.15) is 0 Å². The summed E-state index contributed by atoms with van der Waals surface area (Å²) in [6.07, 6.45) is 2.01. The second-order valence-corrected chi connectivity index (χ2v) is 5.82. The third-order valence-electron chi connectivity index (χ3n) is 4.03. The molecule has 7 nitrogen and oxygen atoms in total. The number of carbonyl (C=O) groups excluding carboxylic acids is 1. The molecule has 0 fully saturated rings. The van der Waals surface area contributed by atoms with Crippen molar-refractivity contribution in [3.8, 4) is 11.1 Å². The van der Waals surface area contributed by atoms with Crippen molar-refractivity contribution in [1.82, 2.24) is 5.32 Å². The van der Waals surface area contributed by atoms with Gasteiger partial charge in [-0.15, -0.1) is 0 Å². The lowest BCUT2D eigenvalue weighted by molar-refractivity contribution is -0.384. The quantitative estimate of drug-likeness (QED) is 0.255. The number of benzene rings is 2. The molecule has 0 spiro atoms. The van der Waals surface area contributed by atoms with Crippen molar-refractivity contribution in [1.29, 1.82) is 0 Å². The number of nitrogens with one attached hydrogen (secondary N) is 1. The molecule has 0 saturated carbocycles. The number of non-ortho nitro benzene ring substituents is 1. The van der Waals surface area contributed by atoms with E-state index in [1.165, 1.54) is 19.1 Å². The highest BCUT2D eigenvalue weighted by Crippen LogP contribution is 2.26. The number of nitro benzene ring substituents is 1. The van der Waals surface area contributed by atoms with Gasteiger partial charge >= 0.3 is 5.97 Å². The molecule has 0 aliphatic carbocycles. The molecule has 0 aromatic heterocycles. The van der Waals surface area contributed by atoms with E-state index in [1.54, 1.807) is 25.1 Å². The fraction of sp³-hybridized carbons (Fsp3) is 0.100. The van der Waals surface area contributed by atoms with Crippen LogP contribution in [-0.4, -0.2) is 22.4 Å². The first-order valence-electron chi connectivity index (χ1n) is 8.01. The maximum absolute atomic E-state index is 11.1. The normalized spacial score (nSPS) is 12.1. The predicted molar refractivity (Wildman–Crippen MR) is 102 cm³/mol. The van der Waals surface area contributed by atoms with Crippen LogP contribution in [0.25, 0.3) is 16.7 Å². The van der Waals surface area contributed by atoms with E-state index < -0.39 is 10.9 Å². The van der Waals surface area contributed by atoms with Gasteiger partial charge in [0.1, 0.15) is 0 Å². The number of rotatable bonds is 7. The van der Waals surface area contributed by atoms with Crippen molar-refractivity contribution in [2.45, 2.75) is 13.8 Å². The fourth-order valence-electron chi connectivity index (χ4n) is 2.46. The van der Waals surface area contributed by atoms with Crippen molar-refractivity contribution in [2.24, 2.45) is 0 Å². The zero-order valence-electron chi connectivity index (χ0n) is 14.8. The topological polar surface area (TPSA) is 110 Å². The summed E-state index contributed by atoms with van der Waals surface area (Å²) in [5, 5.41) is 22.4. The molecule has 2 N–H and O–H groups in total. The molecule has 0 atom stereocenters. The number of hydrogen-bond acceptors (Lipinski definition) is 4. The van der Waals surface area contributed by atoms with Crippen molar-refractivity contribution in [2.75, 3.05) is 0 Å². The van der Waals surface area contributed by atoms with Gasteiger partial charge in [-0.3, -0.25) is 14.9 Å². The number of nitrogens with zero attached hydrogens (tertiary/aromatic N) is 1. The predicted octanol–water partition coefficient (Wildman–Crippen LogP) is 3.77. The van der Waals surface area contributed by atoms with E-state index in [1.807, 2.05) is 24.3 Å². The maximum atomic E-state index is 11.1. The number of carboxylic acids is 1. The number of nitro groups is 1. The van der Waals surface area contributed by atoms with Gasteiger partial charge in [-0.1, -0.05) is 36.4 Å². The minimum Gasteiger partial charge on any atom is -0.478 e. The van der Waals surface area contributed by atoms with Gasteiger partial charge in [-0.05, 0) is 42.2 Å². The van der Waals surface area contributed by atoms with Crippen molar-refractivity contribution in [3.63, 3.8) is 0 Å². The molecule has 0 aliphatic rings. The summed E-state index contributed by atoms with van der Waals surface area (Å²) in [7, 11) is 0. The molecule has 0 saturated heterocycles. The molecule has 2 rings (SSSR count). The fourth-order valence-corrected chi connectivity index (χ4v) is 2.46. The Kier molecular flexibility index (Phi) is 6.22. The SMILES string of the molecule is C/C(C(=O)O)=C(\C=C(/C)c1ccc(-c2cccc([N+](=O)[O-])c2)cc1)NC=O.